The molecule has 0 radical (unpaired) electrons. The Morgan fingerprint density at radius 3 is 2.78 bits per heavy atom. The van der Waals surface area contributed by atoms with Crippen LogP contribution in [0.25, 0.3) is 11.0 Å². The minimum atomic E-state index is -0.524. The third kappa shape index (κ3) is 3.34. The molecule has 7 heteroatoms. The third-order valence-corrected chi connectivity index (χ3v) is 3.18. The number of aromatic amines is 1. The van der Waals surface area contributed by atoms with Gasteiger partial charge in [-0.3, -0.25) is 5.32 Å². The van der Waals surface area contributed by atoms with E-state index < -0.39 is 6.09 Å². The maximum Gasteiger partial charge on any atom is 0.411 e. The lowest BCUT2D eigenvalue weighted by Crippen LogP contribution is -2.13. The Balaban J connectivity index is 1.87. The van der Waals surface area contributed by atoms with Crippen LogP contribution in [0, 0.1) is 0 Å². The number of nitrogen functional groups attached to an aromatic ring is 1. The van der Waals surface area contributed by atoms with Gasteiger partial charge in [-0.25, -0.2) is 9.78 Å². The fourth-order valence-electron chi connectivity index (χ4n) is 2.21. The number of ether oxygens (including phenoxy) is 1. The van der Waals surface area contributed by atoms with Crippen molar-refractivity contribution >= 4 is 40.1 Å². The molecule has 0 saturated carbocycles. The Hall–Kier alpha value is -3.22. The highest BCUT2D eigenvalue weighted by atomic mass is 16.5. The number of imidazole rings is 1. The monoisotopic (exact) mass is 311 g/mol. The van der Waals surface area contributed by atoms with Crippen LogP contribution in [0.1, 0.15) is 6.92 Å². The Kier molecular flexibility index (Phi) is 4.01. The van der Waals surface area contributed by atoms with Crippen molar-refractivity contribution in [2.75, 3.05) is 23.0 Å². The topological polar surface area (TPSA) is 105 Å². The number of benzene rings is 2. The minimum absolute atomic E-state index is 0.303. The lowest BCUT2D eigenvalue weighted by Gasteiger charge is -2.06. The van der Waals surface area contributed by atoms with Crippen LogP contribution in [-0.2, 0) is 4.74 Å². The van der Waals surface area contributed by atoms with Crippen LogP contribution < -0.4 is 16.4 Å². The molecule has 1 heterocycles. The molecule has 0 atom stereocenters. The Morgan fingerprint density at radius 1 is 1.26 bits per heavy atom. The number of fused-ring (bicyclic) bond motifs is 1. The first-order valence-corrected chi connectivity index (χ1v) is 7.21. The third-order valence-electron chi connectivity index (χ3n) is 3.18. The van der Waals surface area contributed by atoms with Crippen molar-refractivity contribution in [1.82, 2.24) is 9.97 Å². The number of rotatable bonds is 4. The quantitative estimate of drug-likeness (QED) is 0.552. The van der Waals surface area contributed by atoms with Crippen molar-refractivity contribution in [1.29, 1.82) is 0 Å². The van der Waals surface area contributed by atoms with Crippen molar-refractivity contribution in [2.24, 2.45) is 0 Å². The number of para-hydroxylation sites is 1. The summed E-state index contributed by atoms with van der Waals surface area (Å²) in [7, 11) is 0. The molecule has 0 fully saturated rings. The largest absolute Gasteiger partial charge is 0.450 e. The second-order valence-corrected chi connectivity index (χ2v) is 4.88. The fourth-order valence-corrected chi connectivity index (χ4v) is 2.21. The van der Waals surface area contributed by atoms with Gasteiger partial charge in [-0.15, -0.1) is 0 Å². The second-order valence-electron chi connectivity index (χ2n) is 4.88. The lowest BCUT2D eigenvalue weighted by molar-refractivity contribution is 0.168. The molecule has 7 nitrogen and oxygen atoms in total. The molecule has 1 aromatic heterocycles. The van der Waals surface area contributed by atoms with Gasteiger partial charge in [0, 0.05) is 11.4 Å². The number of aromatic nitrogens is 2. The van der Waals surface area contributed by atoms with Crippen LogP contribution >= 0.6 is 0 Å². The predicted octanol–water partition coefficient (Wildman–Crippen LogP) is 3.46. The molecule has 0 saturated heterocycles. The van der Waals surface area contributed by atoms with E-state index in [9.17, 15) is 4.79 Å². The van der Waals surface area contributed by atoms with Crippen molar-refractivity contribution < 1.29 is 9.53 Å². The summed E-state index contributed by atoms with van der Waals surface area (Å²) >= 11 is 0. The summed E-state index contributed by atoms with van der Waals surface area (Å²) in [5.41, 5.74) is 9.31. The van der Waals surface area contributed by atoms with Crippen molar-refractivity contribution in [3.8, 4) is 0 Å². The van der Waals surface area contributed by atoms with E-state index in [1.807, 2.05) is 30.3 Å². The molecule has 0 aliphatic rings. The molecule has 2 aromatic carbocycles. The van der Waals surface area contributed by atoms with Crippen molar-refractivity contribution in [3.05, 3.63) is 42.5 Å². The summed E-state index contributed by atoms with van der Waals surface area (Å²) in [6.07, 6.45) is -0.524. The van der Waals surface area contributed by atoms with E-state index >= 15 is 0 Å². The molecule has 1 amide bonds. The zero-order valence-electron chi connectivity index (χ0n) is 12.6. The number of nitrogens with one attached hydrogen (secondary N) is 3. The van der Waals surface area contributed by atoms with Crippen LogP contribution in [-0.4, -0.2) is 22.7 Å². The van der Waals surface area contributed by atoms with Gasteiger partial charge in [0.05, 0.1) is 23.3 Å². The SMILES string of the molecule is CCOC(=O)Nc1cc(N)c2[nH]c(Nc3ccccc3)nc2c1. The van der Waals surface area contributed by atoms with Gasteiger partial charge in [-0.1, -0.05) is 18.2 Å². The van der Waals surface area contributed by atoms with Gasteiger partial charge >= 0.3 is 6.09 Å². The Morgan fingerprint density at radius 2 is 2.04 bits per heavy atom. The maximum absolute atomic E-state index is 11.5. The van der Waals surface area contributed by atoms with Crippen LogP contribution in [0.5, 0.6) is 0 Å². The number of nitrogens with zero attached hydrogens (tertiary/aromatic N) is 1. The smallest absolute Gasteiger partial charge is 0.411 e. The van der Waals surface area contributed by atoms with E-state index in [0.29, 0.717) is 35.0 Å². The van der Waals surface area contributed by atoms with Gasteiger partial charge in [-0.05, 0) is 31.2 Å². The normalized spacial score (nSPS) is 10.5. The van der Waals surface area contributed by atoms with E-state index in [1.54, 1.807) is 19.1 Å². The molecular weight excluding hydrogens is 294 g/mol. The van der Waals surface area contributed by atoms with E-state index in [1.165, 1.54) is 0 Å². The first-order chi connectivity index (χ1) is 11.2. The van der Waals surface area contributed by atoms with E-state index in [4.69, 9.17) is 10.5 Å². The van der Waals surface area contributed by atoms with Crippen LogP contribution in [0.15, 0.2) is 42.5 Å². The number of hydrogen-bond acceptors (Lipinski definition) is 5. The van der Waals surface area contributed by atoms with Gasteiger partial charge in [0.2, 0.25) is 5.95 Å². The molecule has 23 heavy (non-hydrogen) atoms. The van der Waals surface area contributed by atoms with E-state index in [0.717, 1.165) is 5.69 Å². The number of H-pyrrole nitrogens is 1. The van der Waals surface area contributed by atoms with Crippen molar-refractivity contribution in [2.45, 2.75) is 6.92 Å². The zero-order valence-corrected chi connectivity index (χ0v) is 12.6. The minimum Gasteiger partial charge on any atom is -0.450 e. The predicted molar refractivity (Wildman–Crippen MR) is 90.9 cm³/mol. The molecule has 0 bridgehead atoms. The molecule has 0 aliphatic heterocycles. The number of carbonyl (C=O) groups is 1. The highest BCUT2D eigenvalue weighted by molar-refractivity contribution is 5.95. The molecule has 3 rings (SSSR count). The van der Waals surface area contributed by atoms with Crippen LogP contribution in [0.4, 0.5) is 27.8 Å². The molecule has 0 unspecified atom stereocenters. The van der Waals surface area contributed by atoms with Crippen LogP contribution in [0.3, 0.4) is 0 Å². The highest BCUT2D eigenvalue weighted by Crippen LogP contribution is 2.26. The maximum atomic E-state index is 11.5. The van der Waals surface area contributed by atoms with E-state index in [2.05, 4.69) is 20.6 Å². The first-order valence-electron chi connectivity index (χ1n) is 7.21. The zero-order chi connectivity index (χ0) is 16.2. The van der Waals surface area contributed by atoms with Crippen LogP contribution in [0.2, 0.25) is 0 Å². The molecule has 0 spiro atoms. The van der Waals surface area contributed by atoms with Gasteiger partial charge in [0.15, 0.2) is 0 Å². The fraction of sp³-hybridized carbons (Fsp3) is 0.125. The summed E-state index contributed by atoms with van der Waals surface area (Å²) < 4.78 is 4.85. The summed E-state index contributed by atoms with van der Waals surface area (Å²) in [5, 5.41) is 5.79. The second kappa shape index (κ2) is 6.27. The Bertz CT molecular complexity index is 829. The summed E-state index contributed by atoms with van der Waals surface area (Å²) in [6, 6.07) is 13.1. The number of anilines is 4. The average molecular weight is 311 g/mol. The average Bonchev–Trinajstić information content (AvgIpc) is 2.91. The van der Waals surface area contributed by atoms with Gasteiger partial charge < -0.3 is 20.8 Å². The summed E-state index contributed by atoms with van der Waals surface area (Å²) in [5.74, 6) is 0.575. The summed E-state index contributed by atoms with van der Waals surface area (Å²) in [4.78, 5) is 19.1. The molecule has 3 aromatic rings. The number of carbonyl (C=O) groups excluding carboxylic acids is 1. The number of hydrogen-bond donors (Lipinski definition) is 4. The molecule has 0 aliphatic carbocycles. The molecule has 5 N–H and O–H groups in total. The lowest BCUT2D eigenvalue weighted by atomic mass is 10.2. The highest BCUT2D eigenvalue weighted by Gasteiger charge is 2.10. The molecular formula is C16H17N5O2. The standard InChI is InChI=1S/C16H17N5O2/c1-2-23-16(22)19-11-8-12(17)14-13(9-11)20-15(21-14)18-10-6-4-3-5-7-10/h3-9H,2,17H2,1H3,(H,19,22)(H2,18,20,21). The van der Waals surface area contributed by atoms with E-state index in [-0.39, 0.29) is 0 Å². The Labute approximate surface area is 132 Å². The van der Waals surface area contributed by atoms with Gasteiger partial charge in [-0.2, -0.15) is 0 Å². The van der Waals surface area contributed by atoms with Gasteiger partial charge in [0.1, 0.15) is 0 Å². The molecule has 118 valence electrons. The number of nitrogens with two attached hydrogens (primary N) is 1. The van der Waals surface area contributed by atoms with Gasteiger partial charge in [0.25, 0.3) is 0 Å². The summed E-state index contributed by atoms with van der Waals surface area (Å²) in [6.45, 7) is 2.05. The first kappa shape index (κ1) is 14.7. The number of amides is 1. The van der Waals surface area contributed by atoms with Crippen molar-refractivity contribution in [3.63, 3.8) is 0 Å².